The molecule has 0 aliphatic heterocycles. The van der Waals surface area contributed by atoms with E-state index in [1.807, 2.05) is 0 Å². The Hall–Kier alpha value is -1.40. The third kappa shape index (κ3) is 44.2. The van der Waals surface area contributed by atoms with E-state index in [-0.39, 0.29) is 18.5 Å². The topological polar surface area (TPSA) is 95.9 Å². The second-order valence-electron chi connectivity index (χ2n) is 17.9. The SMILES string of the molecule is CCCCCCCCCCCCCCCCCC(=O)OCCCCCCCCC/C=C\CCCCCCCC(=O)NC(CO)C(O)CCCCCCCCCCCC. The average Bonchev–Trinajstić information content (AvgIpc) is 3.22. The van der Waals surface area contributed by atoms with Gasteiger partial charge in [0.2, 0.25) is 5.91 Å². The summed E-state index contributed by atoms with van der Waals surface area (Å²) in [7, 11) is 0. The lowest BCUT2D eigenvalue weighted by molar-refractivity contribution is -0.143. The van der Waals surface area contributed by atoms with Crippen LogP contribution in [0, 0.1) is 0 Å². The first-order valence-electron chi connectivity index (χ1n) is 25.9. The highest BCUT2D eigenvalue weighted by Gasteiger charge is 2.20. The van der Waals surface area contributed by atoms with Crippen molar-refractivity contribution in [2.75, 3.05) is 13.2 Å². The summed E-state index contributed by atoms with van der Waals surface area (Å²) < 4.78 is 5.47. The van der Waals surface area contributed by atoms with Crippen LogP contribution >= 0.6 is 0 Å². The molecule has 0 saturated heterocycles. The Balaban J connectivity index is 3.43. The van der Waals surface area contributed by atoms with Gasteiger partial charge in [-0.1, -0.05) is 231 Å². The van der Waals surface area contributed by atoms with E-state index in [0.717, 1.165) is 64.2 Å². The molecule has 2 unspecified atom stereocenters. The van der Waals surface area contributed by atoms with E-state index < -0.39 is 12.1 Å². The number of allylic oxidation sites excluding steroid dienone is 2. The number of unbranched alkanes of at least 4 members (excludes halogenated alkanes) is 35. The van der Waals surface area contributed by atoms with Gasteiger partial charge in [-0.3, -0.25) is 9.59 Å². The number of aliphatic hydroxyl groups excluding tert-OH is 2. The maximum atomic E-state index is 12.4. The minimum Gasteiger partial charge on any atom is -0.466 e. The summed E-state index contributed by atoms with van der Waals surface area (Å²) >= 11 is 0. The molecule has 0 aromatic rings. The molecule has 0 heterocycles. The van der Waals surface area contributed by atoms with E-state index in [4.69, 9.17) is 4.74 Å². The van der Waals surface area contributed by atoms with Crippen LogP contribution in [0.2, 0.25) is 0 Å². The molecule has 0 fully saturated rings. The molecule has 0 aromatic carbocycles. The van der Waals surface area contributed by atoms with Gasteiger partial charge >= 0.3 is 5.97 Å². The first kappa shape index (κ1) is 56.6. The number of carbonyl (C=O) groups is 2. The predicted molar refractivity (Wildman–Crippen MR) is 250 cm³/mol. The van der Waals surface area contributed by atoms with Crippen LogP contribution in [0.5, 0.6) is 0 Å². The molecule has 0 bridgehead atoms. The van der Waals surface area contributed by atoms with Gasteiger partial charge in [0.05, 0.1) is 25.4 Å². The summed E-state index contributed by atoms with van der Waals surface area (Å²) in [6, 6.07) is -0.551. The van der Waals surface area contributed by atoms with E-state index in [0.29, 0.717) is 25.9 Å². The third-order valence-electron chi connectivity index (χ3n) is 12.1. The van der Waals surface area contributed by atoms with Crippen molar-refractivity contribution in [3.05, 3.63) is 12.2 Å². The highest BCUT2D eigenvalue weighted by molar-refractivity contribution is 5.76. The van der Waals surface area contributed by atoms with Gasteiger partial charge in [-0.2, -0.15) is 0 Å². The number of nitrogens with one attached hydrogen (secondary N) is 1. The zero-order chi connectivity index (χ0) is 42.3. The number of hydrogen-bond acceptors (Lipinski definition) is 5. The molecule has 2 atom stereocenters. The van der Waals surface area contributed by atoms with E-state index >= 15 is 0 Å². The Bertz CT molecular complexity index is 863. The zero-order valence-electron chi connectivity index (χ0n) is 39.0. The Kier molecular flexibility index (Phi) is 47.1. The minimum absolute atomic E-state index is 0.0000574. The van der Waals surface area contributed by atoms with Crippen LogP contribution in [-0.4, -0.2) is 47.4 Å². The second-order valence-corrected chi connectivity index (χ2v) is 17.9. The molecule has 0 aliphatic rings. The highest BCUT2D eigenvalue weighted by Crippen LogP contribution is 2.16. The normalized spacial score (nSPS) is 12.7. The van der Waals surface area contributed by atoms with E-state index in [1.54, 1.807) is 0 Å². The fourth-order valence-corrected chi connectivity index (χ4v) is 8.05. The van der Waals surface area contributed by atoms with Gasteiger partial charge in [0.25, 0.3) is 0 Å². The number of rotatable bonds is 48. The van der Waals surface area contributed by atoms with Crippen molar-refractivity contribution in [3.8, 4) is 0 Å². The Morgan fingerprint density at radius 1 is 0.466 bits per heavy atom. The van der Waals surface area contributed by atoms with Gasteiger partial charge in [0, 0.05) is 12.8 Å². The van der Waals surface area contributed by atoms with Gasteiger partial charge in [-0.15, -0.1) is 0 Å². The van der Waals surface area contributed by atoms with Crippen molar-refractivity contribution in [1.82, 2.24) is 5.32 Å². The number of esters is 1. The average molecular weight is 820 g/mol. The lowest BCUT2D eigenvalue weighted by Crippen LogP contribution is -2.45. The molecular weight excluding hydrogens is 719 g/mol. The smallest absolute Gasteiger partial charge is 0.305 e. The van der Waals surface area contributed by atoms with Crippen LogP contribution in [0.15, 0.2) is 12.2 Å². The van der Waals surface area contributed by atoms with Crippen molar-refractivity contribution >= 4 is 11.9 Å². The largest absolute Gasteiger partial charge is 0.466 e. The van der Waals surface area contributed by atoms with E-state index in [9.17, 15) is 19.8 Å². The number of amides is 1. The van der Waals surface area contributed by atoms with Crippen molar-refractivity contribution in [2.24, 2.45) is 0 Å². The molecule has 1 amide bonds. The standard InChI is InChI=1S/C52H101NO5/c1-3-5-7-9-11-13-15-16-19-23-26-30-34-38-42-46-52(57)58-47-43-39-35-31-27-24-21-18-17-20-22-25-29-33-37-41-45-51(56)53-49(48-54)50(55)44-40-36-32-28-14-12-10-8-6-4-2/h17,20,49-50,54-55H,3-16,18-19,21-48H2,1-2H3,(H,53,56)/b20-17-. The Labute approximate surface area is 361 Å². The lowest BCUT2D eigenvalue weighted by Gasteiger charge is -2.22. The number of ether oxygens (including phenoxy) is 1. The first-order valence-corrected chi connectivity index (χ1v) is 25.9. The molecule has 3 N–H and O–H groups in total. The Morgan fingerprint density at radius 2 is 0.810 bits per heavy atom. The van der Waals surface area contributed by atoms with Crippen LogP contribution in [0.3, 0.4) is 0 Å². The molecule has 6 nitrogen and oxygen atoms in total. The van der Waals surface area contributed by atoms with Gasteiger partial charge < -0.3 is 20.3 Å². The quantitative estimate of drug-likeness (QED) is 0.0323. The van der Waals surface area contributed by atoms with Crippen LogP contribution in [0.1, 0.15) is 284 Å². The number of hydrogen-bond donors (Lipinski definition) is 3. The minimum atomic E-state index is -0.671. The van der Waals surface area contributed by atoms with Crippen molar-refractivity contribution in [2.45, 2.75) is 296 Å². The molecule has 0 spiro atoms. The van der Waals surface area contributed by atoms with Gasteiger partial charge in [0.1, 0.15) is 0 Å². The maximum absolute atomic E-state index is 12.4. The fourth-order valence-electron chi connectivity index (χ4n) is 8.05. The summed E-state index contributed by atoms with van der Waals surface area (Å²) in [4.78, 5) is 24.4. The van der Waals surface area contributed by atoms with Crippen molar-refractivity contribution < 1.29 is 24.5 Å². The molecule has 0 radical (unpaired) electrons. The second kappa shape index (κ2) is 48.3. The van der Waals surface area contributed by atoms with Crippen LogP contribution < -0.4 is 5.32 Å². The van der Waals surface area contributed by atoms with Crippen LogP contribution in [0.25, 0.3) is 0 Å². The van der Waals surface area contributed by atoms with Crippen molar-refractivity contribution in [3.63, 3.8) is 0 Å². The van der Waals surface area contributed by atoms with Gasteiger partial charge in [0.15, 0.2) is 0 Å². The third-order valence-corrected chi connectivity index (χ3v) is 12.1. The molecule has 0 rings (SSSR count). The molecule has 0 saturated carbocycles. The molecular formula is C52H101NO5. The summed E-state index contributed by atoms with van der Waals surface area (Å²) in [5.41, 5.74) is 0. The van der Waals surface area contributed by atoms with Crippen LogP contribution in [0.4, 0.5) is 0 Å². The number of carbonyl (C=O) groups excluding carboxylic acids is 2. The summed E-state index contributed by atoms with van der Waals surface area (Å²) in [5, 5.41) is 23.1. The fraction of sp³-hybridized carbons (Fsp3) is 0.923. The summed E-state index contributed by atoms with van der Waals surface area (Å²) in [5.74, 6) is -0.0534. The Morgan fingerprint density at radius 3 is 1.22 bits per heavy atom. The lowest BCUT2D eigenvalue weighted by atomic mass is 10.0. The molecule has 58 heavy (non-hydrogen) atoms. The monoisotopic (exact) mass is 820 g/mol. The molecule has 6 heteroatoms. The summed E-state index contributed by atoms with van der Waals surface area (Å²) in [6.45, 7) is 4.92. The number of aliphatic hydroxyl groups is 2. The molecule has 344 valence electrons. The van der Waals surface area contributed by atoms with Crippen molar-refractivity contribution in [1.29, 1.82) is 0 Å². The molecule has 0 aliphatic carbocycles. The van der Waals surface area contributed by atoms with Gasteiger partial charge in [-0.25, -0.2) is 0 Å². The molecule has 0 aromatic heterocycles. The van der Waals surface area contributed by atoms with E-state index in [2.05, 4.69) is 31.3 Å². The van der Waals surface area contributed by atoms with E-state index in [1.165, 1.54) is 186 Å². The maximum Gasteiger partial charge on any atom is 0.305 e. The van der Waals surface area contributed by atoms with Crippen LogP contribution in [-0.2, 0) is 14.3 Å². The van der Waals surface area contributed by atoms with Gasteiger partial charge in [-0.05, 0) is 51.4 Å². The highest BCUT2D eigenvalue weighted by atomic mass is 16.5. The predicted octanol–water partition coefficient (Wildman–Crippen LogP) is 15.3. The summed E-state index contributed by atoms with van der Waals surface area (Å²) in [6.07, 6.45) is 54.7. The first-order chi connectivity index (χ1) is 28.5. The zero-order valence-corrected chi connectivity index (χ0v) is 39.0.